The van der Waals surface area contributed by atoms with Gasteiger partial charge in [-0.1, -0.05) is 36.4 Å². The van der Waals surface area contributed by atoms with E-state index in [1.807, 2.05) is 24.3 Å². The summed E-state index contributed by atoms with van der Waals surface area (Å²) in [6, 6.07) is 24.3. The summed E-state index contributed by atoms with van der Waals surface area (Å²) in [6.45, 7) is 0. The summed E-state index contributed by atoms with van der Waals surface area (Å²) >= 11 is 0. The number of rotatable bonds is 3. The van der Waals surface area contributed by atoms with Crippen molar-refractivity contribution in [3.63, 3.8) is 0 Å². The second-order valence-corrected chi connectivity index (χ2v) is 6.21. The first kappa shape index (κ1) is 16.7. The first-order valence-electron chi connectivity index (χ1n) is 8.43. The maximum Gasteiger partial charge on any atom is 0.343 e. The molecule has 0 saturated carbocycles. The van der Waals surface area contributed by atoms with Crippen LogP contribution in [-0.2, 0) is 0 Å². The molecule has 0 fully saturated rings. The summed E-state index contributed by atoms with van der Waals surface area (Å²) in [5.74, 6) is 0.414. The van der Waals surface area contributed by atoms with Crippen molar-refractivity contribution in [2.75, 3.05) is 0 Å². The van der Waals surface area contributed by atoms with E-state index in [0.29, 0.717) is 11.3 Å². The van der Waals surface area contributed by atoms with Gasteiger partial charge in [0.2, 0.25) is 0 Å². The van der Waals surface area contributed by atoms with E-state index in [4.69, 9.17) is 4.74 Å². The number of phenols is 2. The average Bonchev–Trinajstić information content (AvgIpc) is 2.69. The zero-order valence-electron chi connectivity index (χ0n) is 14.3. The molecular formula is C23H16O4. The van der Waals surface area contributed by atoms with Gasteiger partial charge in [-0.05, 0) is 70.4 Å². The molecule has 0 aliphatic carbocycles. The fraction of sp³-hybridized carbons (Fsp3) is 0. The second kappa shape index (κ2) is 6.84. The predicted octanol–water partition coefficient (Wildman–Crippen LogP) is 5.14. The maximum absolute atomic E-state index is 12.4. The van der Waals surface area contributed by atoms with E-state index in [9.17, 15) is 15.0 Å². The van der Waals surface area contributed by atoms with Gasteiger partial charge in [-0.15, -0.1) is 0 Å². The molecule has 0 aromatic heterocycles. The van der Waals surface area contributed by atoms with E-state index in [-0.39, 0.29) is 11.5 Å². The van der Waals surface area contributed by atoms with Crippen LogP contribution in [0.5, 0.6) is 17.2 Å². The quantitative estimate of drug-likeness (QED) is 0.394. The Bertz CT molecular complexity index is 1110. The van der Waals surface area contributed by atoms with Gasteiger partial charge in [0.05, 0.1) is 5.56 Å². The Hall–Kier alpha value is -3.79. The van der Waals surface area contributed by atoms with Gasteiger partial charge in [0, 0.05) is 0 Å². The van der Waals surface area contributed by atoms with Crippen LogP contribution in [0.25, 0.3) is 21.9 Å². The molecule has 4 nitrogen and oxygen atoms in total. The van der Waals surface area contributed by atoms with Crippen LogP contribution in [0.2, 0.25) is 0 Å². The van der Waals surface area contributed by atoms with Crippen molar-refractivity contribution < 1.29 is 19.7 Å². The third-order valence-corrected chi connectivity index (χ3v) is 4.33. The number of carbonyl (C=O) groups excluding carboxylic acids is 1. The van der Waals surface area contributed by atoms with E-state index in [1.165, 1.54) is 0 Å². The molecule has 0 spiro atoms. The second-order valence-electron chi connectivity index (χ2n) is 6.21. The van der Waals surface area contributed by atoms with E-state index in [0.717, 1.165) is 21.9 Å². The Labute approximate surface area is 155 Å². The molecule has 4 aromatic carbocycles. The highest BCUT2D eigenvalue weighted by atomic mass is 16.5. The highest BCUT2D eigenvalue weighted by Gasteiger charge is 2.10. The number of hydrogen-bond donors (Lipinski definition) is 2. The van der Waals surface area contributed by atoms with Crippen LogP contribution in [0.1, 0.15) is 10.4 Å². The molecule has 0 saturated heterocycles. The summed E-state index contributed by atoms with van der Waals surface area (Å²) in [6.07, 6.45) is 0. The minimum atomic E-state index is -0.442. The lowest BCUT2D eigenvalue weighted by Gasteiger charge is -2.07. The van der Waals surface area contributed by atoms with Gasteiger partial charge < -0.3 is 14.9 Å². The van der Waals surface area contributed by atoms with Crippen LogP contribution in [0.15, 0.2) is 84.9 Å². The van der Waals surface area contributed by atoms with E-state index in [1.54, 1.807) is 60.7 Å². The summed E-state index contributed by atoms with van der Waals surface area (Å²) in [7, 11) is 0. The molecule has 2 N–H and O–H groups in total. The molecule has 4 heteroatoms. The van der Waals surface area contributed by atoms with Crippen molar-refractivity contribution >= 4 is 16.7 Å². The molecule has 132 valence electrons. The van der Waals surface area contributed by atoms with E-state index in [2.05, 4.69) is 0 Å². The van der Waals surface area contributed by atoms with Gasteiger partial charge >= 0.3 is 5.97 Å². The fourth-order valence-electron chi connectivity index (χ4n) is 2.90. The first-order valence-corrected chi connectivity index (χ1v) is 8.43. The maximum atomic E-state index is 12.4. The third-order valence-electron chi connectivity index (χ3n) is 4.33. The zero-order valence-corrected chi connectivity index (χ0v) is 14.3. The predicted molar refractivity (Wildman–Crippen MR) is 104 cm³/mol. The molecule has 4 rings (SSSR count). The number of carbonyl (C=O) groups is 1. The lowest BCUT2D eigenvalue weighted by Crippen LogP contribution is -2.08. The zero-order chi connectivity index (χ0) is 18.8. The summed E-state index contributed by atoms with van der Waals surface area (Å²) in [5.41, 5.74) is 2.36. The Morgan fingerprint density at radius 2 is 1.19 bits per heavy atom. The average molecular weight is 356 g/mol. The van der Waals surface area contributed by atoms with E-state index < -0.39 is 5.97 Å². The van der Waals surface area contributed by atoms with Crippen LogP contribution in [0, 0.1) is 0 Å². The number of ether oxygens (including phenoxy) is 1. The SMILES string of the molecule is O=C(Oc1ccc(-c2ccc(O)cc2)cc1)c1ccc2cc(O)ccc2c1. The van der Waals surface area contributed by atoms with E-state index >= 15 is 0 Å². The summed E-state index contributed by atoms with van der Waals surface area (Å²) < 4.78 is 5.45. The normalized spacial score (nSPS) is 10.7. The standard InChI is InChI=1S/C23H16O4/c24-20-8-3-15(4-9-20)16-6-11-22(12-7-16)27-23(26)19-2-1-18-14-21(25)10-5-17(18)13-19/h1-14,24-25H. The van der Waals surface area contributed by atoms with Gasteiger partial charge in [-0.3, -0.25) is 0 Å². The van der Waals surface area contributed by atoms with Crippen molar-refractivity contribution in [2.45, 2.75) is 0 Å². The number of aromatic hydroxyl groups is 2. The molecule has 0 heterocycles. The molecular weight excluding hydrogens is 340 g/mol. The lowest BCUT2D eigenvalue weighted by atomic mass is 10.1. The Kier molecular flexibility index (Phi) is 4.22. The van der Waals surface area contributed by atoms with Crippen LogP contribution in [-0.4, -0.2) is 16.2 Å². The Morgan fingerprint density at radius 1 is 0.630 bits per heavy atom. The van der Waals surface area contributed by atoms with Crippen molar-refractivity contribution in [1.29, 1.82) is 0 Å². The number of esters is 1. The van der Waals surface area contributed by atoms with Crippen LogP contribution < -0.4 is 4.74 Å². The smallest absolute Gasteiger partial charge is 0.343 e. The number of benzene rings is 4. The van der Waals surface area contributed by atoms with Crippen molar-refractivity contribution in [3.8, 4) is 28.4 Å². The largest absolute Gasteiger partial charge is 0.508 e. The molecule has 0 aliphatic rings. The number of hydrogen-bond acceptors (Lipinski definition) is 4. The van der Waals surface area contributed by atoms with Crippen molar-refractivity contribution in [3.05, 3.63) is 90.5 Å². The topological polar surface area (TPSA) is 66.8 Å². The van der Waals surface area contributed by atoms with Gasteiger partial charge in [0.15, 0.2) is 0 Å². The molecule has 0 atom stereocenters. The fourth-order valence-corrected chi connectivity index (χ4v) is 2.90. The van der Waals surface area contributed by atoms with Gasteiger partial charge in [-0.2, -0.15) is 0 Å². The third kappa shape index (κ3) is 3.60. The lowest BCUT2D eigenvalue weighted by molar-refractivity contribution is 0.0735. The van der Waals surface area contributed by atoms with Crippen LogP contribution in [0.4, 0.5) is 0 Å². The van der Waals surface area contributed by atoms with Crippen LogP contribution in [0.3, 0.4) is 0 Å². The Morgan fingerprint density at radius 3 is 1.89 bits per heavy atom. The summed E-state index contributed by atoms with van der Waals surface area (Å²) in [4.78, 5) is 12.4. The van der Waals surface area contributed by atoms with Crippen molar-refractivity contribution in [1.82, 2.24) is 0 Å². The number of fused-ring (bicyclic) bond motifs is 1. The molecule has 0 radical (unpaired) electrons. The van der Waals surface area contributed by atoms with Crippen molar-refractivity contribution in [2.24, 2.45) is 0 Å². The molecule has 27 heavy (non-hydrogen) atoms. The Balaban J connectivity index is 1.52. The van der Waals surface area contributed by atoms with Gasteiger partial charge in [0.1, 0.15) is 17.2 Å². The molecule has 0 aliphatic heterocycles. The monoisotopic (exact) mass is 356 g/mol. The highest BCUT2D eigenvalue weighted by Crippen LogP contribution is 2.25. The molecule has 4 aromatic rings. The number of phenolic OH excluding ortho intramolecular Hbond substituents is 2. The van der Waals surface area contributed by atoms with Crippen LogP contribution >= 0.6 is 0 Å². The minimum absolute atomic E-state index is 0.187. The molecule has 0 bridgehead atoms. The molecule has 0 amide bonds. The van der Waals surface area contributed by atoms with Gasteiger partial charge in [0.25, 0.3) is 0 Å². The first-order chi connectivity index (χ1) is 13.1. The highest BCUT2D eigenvalue weighted by molar-refractivity contribution is 5.96. The van der Waals surface area contributed by atoms with Gasteiger partial charge in [-0.25, -0.2) is 4.79 Å². The summed E-state index contributed by atoms with van der Waals surface area (Å²) in [5, 5.41) is 20.6. The minimum Gasteiger partial charge on any atom is -0.508 e. The molecule has 0 unspecified atom stereocenters.